The van der Waals surface area contributed by atoms with E-state index in [1.807, 2.05) is 24.0 Å². The molecule has 0 aliphatic heterocycles. The molecule has 0 fully saturated rings. The summed E-state index contributed by atoms with van der Waals surface area (Å²) in [4.78, 5) is 0. The molecule has 4 nitrogen and oxygen atoms in total. The Morgan fingerprint density at radius 1 is 1.08 bits per heavy atom. The van der Waals surface area contributed by atoms with Crippen molar-refractivity contribution >= 4 is 10.8 Å². The Kier molecular flexibility index (Phi) is 5.39. The normalized spacial score (nSPS) is 12.7. The number of aromatic nitrogens is 2. The van der Waals surface area contributed by atoms with Gasteiger partial charge in [-0.2, -0.15) is 5.10 Å². The molecule has 0 aliphatic rings. The molecule has 0 unspecified atom stereocenters. The van der Waals surface area contributed by atoms with Gasteiger partial charge in [0.15, 0.2) is 0 Å². The first-order chi connectivity index (χ1) is 12.1. The SMILES string of the molecule is COc1ccc2cc(CNC[C@@H](c3ccnn3C)C(C)C)ccc2c1. The van der Waals surface area contributed by atoms with Crippen LogP contribution in [0.2, 0.25) is 0 Å². The molecule has 1 N–H and O–H groups in total. The third-order valence-corrected chi connectivity index (χ3v) is 4.85. The molecule has 0 radical (unpaired) electrons. The summed E-state index contributed by atoms with van der Waals surface area (Å²) >= 11 is 0. The predicted molar refractivity (Wildman–Crippen MR) is 103 cm³/mol. The minimum atomic E-state index is 0.456. The average Bonchev–Trinajstić information content (AvgIpc) is 3.03. The molecule has 0 spiro atoms. The van der Waals surface area contributed by atoms with Crippen molar-refractivity contribution in [1.29, 1.82) is 0 Å². The Bertz CT molecular complexity index is 838. The molecule has 0 saturated heterocycles. The summed E-state index contributed by atoms with van der Waals surface area (Å²) in [6.45, 7) is 6.34. The van der Waals surface area contributed by atoms with Crippen molar-refractivity contribution in [3.63, 3.8) is 0 Å². The lowest BCUT2D eigenvalue weighted by Gasteiger charge is -2.21. The molecule has 1 heterocycles. The van der Waals surface area contributed by atoms with Crippen molar-refractivity contribution in [3.05, 3.63) is 59.9 Å². The molecular weight excluding hydrogens is 310 g/mol. The zero-order chi connectivity index (χ0) is 17.8. The van der Waals surface area contributed by atoms with E-state index < -0.39 is 0 Å². The van der Waals surface area contributed by atoms with E-state index in [0.29, 0.717) is 11.8 Å². The molecule has 4 heteroatoms. The number of ether oxygens (including phenoxy) is 1. The summed E-state index contributed by atoms with van der Waals surface area (Å²) in [6.07, 6.45) is 1.88. The fraction of sp³-hybridized carbons (Fsp3) is 0.381. The molecule has 0 aliphatic carbocycles. The van der Waals surface area contributed by atoms with Gasteiger partial charge in [-0.3, -0.25) is 4.68 Å². The maximum Gasteiger partial charge on any atom is 0.119 e. The van der Waals surface area contributed by atoms with E-state index in [-0.39, 0.29) is 0 Å². The van der Waals surface area contributed by atoms with Gasteiger partial charge in [-0.25, -0.2) is 0 Å². The third kappa shape index (κ3) is 4.02. The van der Waals surface area contributed by atoms with E-state index in [2.05, 4.69) is 60.7 Å². The second-order valence-electron chi connectivity index (χ2n) is 6.91. The van der Waals surface area contributed by atoms with Crippen LogP contribution in [-0.4, -0.2) is 23.4 Å². The maximum atomic E-state index is 5.29. The molecular formula is C21H27N3O. The lowest BCUT2D eigenvalue weighted by molar-refractivity contribution is 0.415. The molecule has 2 aromatic carbocycles. The summed E-state index contributed by atoms with van der Waals surface area (Å²) in [6, 6.07) is 14.9. The van der Waals surface area contributed by atoms with E-state index in [4.69, 9.17) is 4.74 Å². The lowest BCUT2D eigenvalue weighted by atomic mass is 9.92. The minimum Gasteiger partial charge on any atom is -0.497 e. The van der Waals surface area contributed by atoms with Crippen molar-refractivity contribution in [2.24, 2.45) is 13.0 Å². The number of benzene rings is 2. The Morgan fingerprint density at radius 3 is 2.52 bits per heavy atom. The maximum absolute atomic E-state index is 5.29. The van der Waals surface area contributed by atoms with Crippen LogP contribution in [0.15, 0.2) is 48.7 Å². The molecule has 25 heavy (non-hydrogen) atoms. The monoisotopic (exact) mass is 337 g/mol. The highest BCUT2D eigenvalue weighted by molar-refractivity contribution is 5.84. The molecule has 0 saturated carbocycles. The van der Waals surface area contributed by atoms with Crippen molar-refractivity contribution in [2.45, 2.75) is 26.3 Å². The summed E-state index contributed by atoms with van der Waals surface area (Å²) < 4.78 is 7.27. The van der Waals surface area contributed by atoms with Crippen molar-refractivity contribution in [3.8, 4) is 5.75 Å². The summed E-state index contributed by atoms with van der Waals surface area (Å²) in [5.74, 6) is 1.92. The van der Waals surface area contributed by atoms with Crippen LogP contribution < -0.4 is 10.1 Å². The number of methoxy groups -OCH3 is 1. The third-order valence-electron chi connectivity index (χ3n) is 4.85. The summed E-state index contributed by atoms with van der Waals surface area (Å²) in [5.41, 5.74) is 2.58. The highest BCUT2D eigenvalue weighted by Crippen LogP contribution is 2.24. The highest BCUT2D eigenvalue weighted by atomic mass is 16.5. The zero-order valence-corrected chi connectivity index (χ0v) is 15.5. The van der Waals surface area contributed by atoms with Crippen LogP contribution in [0.4, 0.5) is 0 Å². The van der Waals surface area contributed by atoms with Crippen LogP contribution in [0, 0.1) is 5.92 Å². The van der Waals surface area contributed by atoms with Crippen LogP contribution in [0.1, 0.15) is 31.0 Å². The summed E-state index contributed by atoms with van der Waals surface area (Å²) in [7, 11) is 3.72. The first kappa shape index (κ1) is 17.5. The Balaban J connectivity index is 1.66. The number of aryl methyl sites for hydroxylation is 1. The van der Waals surface area contributed by atoms with Gasteiger partial charge >= 0.3 is 0 Å². The Hall–Kier alpha value is -2.33. The Morgan fingerprint density at radius 2 is 1.84 bits per heavy atom. The van der Waals surface area contributed by atoms with Gasteiger partial charge in [-0.05, 0) is 46.5 Å². The van der Waals surface area contributed by atoms with Crippen molar-refractivity contribution in [2.75, 3.05) is 13.7 Å². The number of nitrogens with one attached hydrogen (secondary N) is 1. The first-order valence-electron chi connectivity index (χ1n) is 8.84. The van der Waals surface area contributed by atoms with Gasteiger partial charge in [0.1, 0.15) is 5.75 Å². The van der Waals surface area contributed by atoms with Gasteiger partial charge in [0.2, 0.25) is 0 Å². The van der Waals surface area contributed by atoms with E-state index in [9.17, 15) is 0 Å². The van der Waals surface area contributed by atoms with E-state index in [0.717, 1.165) is 18.8 Å². The van der Waals surface area contributed by atoms with Gasteiger partial charge in [-0.15, -0.1) is 0 Å². The van der Waals surface area contributed by atoms with Gasteiger partial charge in [0.05, 0.1) is 7.11 Å². The number of nitrogens with zero attached hydrogens (tertiary/aromatic N) is 2. The number of fused-ring (bicyclic) bond motifs is 1. The van der Waals surface area contributed by atoms with E-state index in [1.54, 1.807) is 7.11 Å². The smallest absolute Gasteiger partial charge is 0.119 e. The topological polar surface area (TPSA) is 39.1 Å². The fourth-order valence-electron chi connectivity index (χ4n) is 3.31. The Labute approximate surface area is 149 Å². The predicted octanol–water partition coefficient (Wildman–Crippen LogP) is 4.11. The molecule has 1 atom stereocenters. The van der Waals surface area contributed by atoms with Crippen LogP contribution in [-0.2, 0) is 13.6 Å². The first-order valence-corrected chi connectivity index (χ1v) is 8.84. The molecule has 3 rings (SSSR count). The van der Waals surface area contributed by atoms with Gasteiger partial charge in [-0.1, -0.05) is 32.0 Å². The minimum absolute atomic E-state index is 0.456. The molecule has 3 aromatic rings. The molecule has 0 bridgehead atoms. The van der Waals surface area contributed by atoms with Gasteiger partial charge in [0.25, 0.3) is 0 Å². The van der Waals surface area contributed by atoms with Crippen LogP contribution in [0.25, 0.3) is 10.8 Å². The standard InChI is InChI=1S/C21H27N3O/c1-15(2)20(21-9-10-23-24(21)3)14-22-13-16-5-6-18-12-19(25-4)8-7-17(18)11-16/h5-12,15,20,22H,13-14H2,1-4H3/t20-/m1/s1. The fourth-order valence-corrected chi connectivity index (χ4v) is 3.31. The highest BCUT2D eigenvalue weighted by Gasteiger charge is 2.18. The summed E-state index contributed by atoms with van der Waals surface area (Å²) in [5, 5.41) is 10.4. The number of hydrogen-bond donors (Lipinski definition) is 1. The average molecular weight is 337 g/mol. The largest absolute Gasteiger partial charge is 0.497 e. The molecule has 0 amide bonds. The quantitative estimate of drug-likeness (QED) is 0.705. The van der Waals surface area contributed by atoms with Crippen LogP contribution in [0.3, 0.4) is 0 Å². The second-order valence-corrected chi connectivity index (χ2v) is 6.91. The van der Waals surface area contributed by atoms with E-state index in [1.165, 1.54) is 22.0 Å². The number of rotatable bonds is 7. The van der Waals surface area contributed by atoms with Crippen molar-refractivity contribution in [1.82, 2.24) is 15.1 Å². The molecule has 132 valence electrons. The second kappa shape index (κ2) is 7.70. The van der Waals surface area contributed by atoms with Crippen molar-refractivity contribution < 1.29 is 4.74 Å². The van der Waals surface area contributed by atoms with Crippen LogP contribution >= 0.6 is 0 Å². The van der Waals surface area contributed by atoms with Gasteiger partial charge < -0.3 is 10.1 Å². The number of hydrogen-bond acceptors (Lipinski definition) is 3. The van der Waals surface area contributed by atoms with E-state index >= 15 is 0 Å². The van der Waals surface area contributed by atoms with Gasteiger partial charge in [0, 0.05) is 37.9 Å². The molecule has 1 aromatic heterocycles. The lowest BCUT2D eigenvalue weighted by Crippen LogP contribution is -2.26. The zero-order valence-electron chi connectivity index (χ0n) is 15.5. The van der Waals surface area contributed by atoms with Crippen LogP contribution in [0.5, 0.6) is 5.75 Å².